The Labute approximate surface area is 66.1 Å². The summed E-state index contributed by atoms with van der Waals surface area (Å²) in [7, 11) is 0. The van der Waals surface area contributed by atoms with E-state index in [1.165, 1.54) is 0 Å². The van der Waals surface area contributed by atoms with E-state index in [0.717, 1.165) is 0 Å². The van der Waals surface area contributed by atoms with Gasteiger partial charge in [0.15, 0.2) is 0 Å². The van der Waals surface area contributed by atoms with Crippen LogP contribution in [-0.2, 0) is 0 Å². The van der Waals surface area contributed by atoms with Gasteiger partial charge in [0.1, 0.15) is 0 Å². The van der Waals surface area contributed by atoms with Gasteiger partial charge < -0.3 is 15.3 Å². The summed E-state index contributed by atoms with van der Waals surface area (Å²) in [6, 6.07) is 0. The van der Waals surface area contributed by atoms with Gasteiger partial charge in [-0.05, 0) is 0 Å². The minimum absolute atomic E-state index is 0.0263. The Morgan fingerprint density at radius 3 is 2.45 bits per heavy atom. The molecule has 1 rings (SSSR count). The molecular formula is C7H15NO3. The van der Waals surface area contributed by atoms with E-state index in [-0.39, 0.29) is 19.1 Å². The number of likely N-dealkylation sites (tertiary alicyclic amines) is 1. The van der Waals surface area contributed by atoms with Crippen LogP contribution in [0, 0.1) is 5.92 Å². The van der Waals surface area contributed by atoms with Crippen LogP contribution in [0.25, 0.3) is 0 Å². The fourth-order valence-electron chi connectivity index (χ4n) is 1.44. The van der Waals surface area contributed by atoms with Gasteiger partial charge in [0.25, 0.3) is 0 Å². The summed E-state index contributed by atoms with van der Waals surface area (Å²) >= 11 is 0. The number of aliphatic hydroxyl groups excluding tert-OH is 3. The van der Waals surface area contributed by atoms with Crippen LogP contribution in [0.4, 0.5) is 0 Å². The summed E-state index contributed by atoms with van der Waals surface area (Å²) in [6.45, 7) is 2.01. The number of hydrogen-bond donors (Lipinski definition) is 3. The molecule has 2 unspecified atom stereocenters. The topological polar surface area (TPSA) is 63.9 Å². The van der Waals surface area contributed by atoms with Crippen LogP contribution in [0.2, 0.25) is 0 Å². The lowest BCUT2D eigenvalue weighted by Gasteiger charge is -2.11. The standard InChI is InChI=1S/C7H15NO3/c9-2-1-8-3-6(5-10)7(11)4-8/h6-7,9-11H,1-5H2. The average Bonchev–Trinajstić information content (AvgIpc) is 2.32. The molecule has 0 aromatic carbocycles. The zero-order valence-corrected chi connectivity index (χ0v) is 6.48. The van der Waals surface area contributed by atoms with E-state index < -0.39 is 6.10 Å². The lowest BCUT2D eigenvalue weighted by molar-refractivity contribution is 0.103. The molecule has 0 aromatic rings. The van der Waals surface area contributed by atoms with Crippen LogP contribution in [0.15, 0.2) is 0 Å². The molecule has 11 heavy (non-hydrogen) atoms. The normalized spacial score (nSPS) is 33.0. The highest BCUT2D eigenvalue weighted by atomic mass is 16.3. The number of β-amino-alcohol motifs (C(OH)–C–C–N with tert-alkyl or cyclic N) is 2. The first-order valence-electron chi connectivity index (χ1n) is 3.90. The monoisotopic (exact) mass is 161 g/mol. The second kappa shape index (κ2) is 4.01. The predicted octanol–water partition coefficient (Wildman–Crippen LogP) is -1.74. The Hall–Kier alpha value is -0.160. The van der Waals surface area contributed by atoms with Gasteiger partial charge in [-0.3, -0.25) is 4.90 Å². The molecule has 0 bridgehead atoms. The fourth-order valence-corrected chi connectivity index (χ4v) is 1.44. The highest BCUT2D eigenvalue weighted by Gasteiger charge is 2.29. The molecule has 0 spiro atoms. The first-order valence-corrected chi connectivity index (χ1v) is 3.90. The fraction of sp³-hybridized carbons (Fsp3) is 1.00. The van der Waals surface area contributed by atoms with Crippen LogP contribution >= 0.6 is 0 Å². The van der Waals surface area contributed by atoms with Crippen LogP contribution in [-0.4, -0.2) is 59.2 Å². The van der Waals surface area contributed by atoms with Gasteiger partial charge in [0.2, 0.25) is 0 Å². The lowest BCUT2D eigenvalue weighted by atomic mass is 10.1. The Balaban J connectivity index is 2.30. The van der Waals surface area contributed by atoms with Crippen molar-refractivity contribution in [1.29, 1.82) is 0 Å². The number of hydrogen-bond acceptors (Lipinski definition) is 4. The van der Waals surface area contributed by atoms with Gasteiger partial charge in [-0.15, -0.1) is 0 Å². The first kappa shape index (κ1) is 8.93. The molecule has 1 aliphatic rings. The summed E-state index contributed by atoms with van der Waals surface area (Å²) in [5.74, 6) is -0.0263. The molecular weight excluding hydrogens is 146 g/mol. The van der Waals surface area contributed by atoms with Gasteiger partial charge in [0, 0.05) is 32.2 Å². The van der Waals surface area contributed by atoms with Gasteiger partial charge >= 0.3 is 0 Å². The van der Waals surface area contributed by atoms with Crippen molar-refractivity contribution in [2.24, 2.45) is 5.92 Å². The van der Waals surface area contributed by atoms with Crippen molar-refractivity contribution in [3.63, 3.8) is 0 Å². The zero-order chi connectivity index (χ0) is 8.27. The third kappa shape index (κ3) is 2.13. The second-order valence-electron chi connectivity index (χ2n) is 2.99. The van der Waals surface area contributed by atoms with E-state index in [9.17, 15) is 5.11 Å². The molecule has 4 heteroatoms. The van der Waals surface area contributed by atoms with Crippen molar-refractivity contribution in [2.45, 2.75) is 6.10 Å². The van der Waals surface area contributed by atoms with E-state index in [4.69, 9.17) is 10.2 Å². The van der Waals surface area contributed by atoms with Crippen LogP contribution < -0.4 is 0 Å². The molecule has 0 saturated carbocycles. The molecule has 1 aliphatic heterocycles. The summed E-state index contributed by atoms with van der Waals surface area (Å²) in [4.78, 5) is 1.95. The molecule has 1 heterocycles. The third-order valence-corrected chi connectivity index (χ3v) is 2.13. The average molecular weight is 161 g/mol. The Kier molecular flexibility index (Phi) is 3.26. The highest BCUT2D eigenvalue weighted by Crippen LogP contribution is 2.15. The molecule has 0 radical (unpaired) electrons. The maximum Gasteiger partial charge on any atom is 0.0729 e. The molecule has 0 aliphatic carbocycles. The van der Waals surface area contributed by atoms with Crippen molar-refractivity contribution in [3.05, 3.63) is 0 Å². The van der Waals surface area contributed by atoms with Gasteiger partial charge in [0.05, 0.1) is 12.7 Å². The van der Waals surface area contributed by atoms with E-state index in [0.29, 0.717) is 19.6 Å². The van der Waals surface area contributed by atoms with E-state index in [1.54, 1.807) is 0 Å². The summed E-state index contributed by atoms with van der Waals surface area (Å²) in [6.07, 6.45) is -0.424. The summed E-state index contributed by atoms with van der Waals surface area (Å²) < 4.78 is 0. The van der Waals surface area contributed by atoms with E-state index in [2.05, 4.69) is 0 Å². The highest BCUT2D eigenvalue weighted by molar-refractivity contribution is 4.82. The largest absolute Gasteiger partial charge is 0.396 e. The van der Waals surface area contributed by atoms with Crippen molar-refractivity contribution in [3.8, 4) is 0 Å². The predicted molar refractivity (Wildman–Crippen MR) is 40.1 cm³/mol. The first-order chi connectivity index (χ1) is 5.27. The SMILES string of the molecule is OCCN1CC(O)C(CO)C1. The molecule has 0 amide bonds. The number of rotatable bonds is 3. The Bertz CT molecular complexity index is 120. The maximum atomic E-state index is 9.30. The van der Waals surface area contributed by atoms with Crippen molar-refractivity contribution in [1.82, 2.24) is 4.90 Å². The van der Waals surface area contributed by atoms with Crippen LogP contribution in [0.1, 0.15) is 0 Å². The molecule has 3 N–H and O–H groups in total. The molecule has 0 aromatic heterocycles. The summed E-state index contributed by atoms with van der Waals surface area (Å²) in [5.41, 5.74) is 0. The van der Waals surface area contributed by atoms with Crippen LogP contribution in [0.3, 0.4) is 0 Å². The molecule has 1 saturated heterocycles. The van der Waals surface area contributed by atoms with E-state index >= 15 is 0 Å². The molecule has 66 valence electrons. The number of nitrogens with zero attached hydrogens (tertiary/aromatic N) is 1. The smallest absolute Gasteiger partial charge is 0.0729 e. The Morgan fingerprint density at radius 1 is 1.27 bits per heavy atom. The minimum Gasteiger partial charge on any atom is -0.396 e. The summed E-state index contributed by atoms with van der Waals surface area (Å²) in [5, 5.41) is 26.7. The van der Waals surface area contributed by atoms with Crippen molar-refractivity contribution >= 4 is 0 Å². The lowest BCUT2D eigenvalue weighted by Crippen LogP contribution is -2.25. The van der Waals surface area contributed by atoms with E-state index in [1.807, 2.05) is 4.90 Å². The zero-order valence-electron chi connectivity index (χ0n) is 6.48. The minimum atomic E-state index is -0.424. The maximum absolute atomic E-state index is 9.30. The van der Waals surface area contributed by atoms with Gasteiger partial charge in [-0.2, -0.15) is 0 Å². The van der Waals surface area contributed by atoms with Gasteiger partial charge in [-0.1, -0.05) is 0 Å². The molecule has 1 fully saturated rings. The second-order valence-corrected chi connectivity index (χ2v) is 2.99. The number of aliphatic hydroxyl groups is 3. The molecule has 2 atom stereocenters. The third-order valence-electron chi connectivity index (χ3n) is 2.13. The van der Waals surface area contributed by atoms with Gasteiger partial charge in [-0.25, -0.2) is 0 Å². The van der Waals surface area contributed by atoms with Crippen LogP contribution in [0.5, 0.6) is 0 Å². The Morgan fingerprint density at radius 2 is 2.00 bits per heavy atom. The van der Waals surface area contributed by atoms with Crippen molar-refractivity contribution < 1.29 is 15.3 Å². The van der Waals surface area contributed by atoms with Crippen molar-refractivity contribution in [2.75, 3.05) is 32.8 Å². The molecule has 4 nitrogen and oxygen atoms in total. The quantitative estimate of drug-likeness (QED) is 0.460.